The van der Waals surface area contributed by atoms with Crippen molar-refractivity contribution in [2.75, 3.05) is 21.3 Å². The first kappa shape index (κ1) is 11.9. The van der Waals surface area contributed by atoms with Gasteiger partial charge in [0.25, 0.3) is 0 Å². The lowest BCUT2D eigenvalue weighted by atomic mass is 10.0. The van der Waals surface area contributed by atoms with Gasteiger partial charge >= 0.3 is 0 Å². The van der Waals surface area contributed by atoms with Gasteiger partial charge in [-0.2, -0.15) is 0 Å². The smallest absolute Gasteiger partial charge is 0.183 e. The first-order valence-corrected chi connectivity index (χ1v) is 5.42. The summed E-state index contributed by atoms with van der Waals surface area (Å²) in [5.41, 5.74) is 1.02. The predicted molar refractivity (Wildman–Crippen MR) is 67.3 cm³/mol. The van der Waals surface area contributed by atoms with Gasteiger partial charge in [0.1, 0.15) is 5.75 Å². The van der Waals surface area contributed by atoms with Gasteiger partial charge in [0, 0.05) is 19.8 Å². The molecule has 0 saturated carbocycles. The van der Waals surface area contributed by atoms with E-state index in [-0.39, 0.29) is 6.29 Å². The van der Waals surface area contributed by atoms with Crippen LogP contribution < -0.4 is 4.74 Å². The van der Waals surface area contributed by atoms with Crippen LogP contribution in [0.1, 0.15) is 11.9 Å². The van der Waals surface area contributed by atoms with Gasteiger partial charge in [0.2, 0.25) is 0 Å². The van der Waals surface area contributed by atoms with E-state index < -0.39 is 0 Å². The predicted octanol–water partition coefficient (Wildman–Crippen LogP) is 3.14. The Morgan fingerprint density at radius 3 is 2.35 bits per heavy atom. The summed E-state index contributed by atoms with van der Waals surface area (Å²) in [7, 11) is 4.94. The Labute approximate surface area is 101 Å². The summed E-state index contributed by atoms with van der Waals surface area (Å²) in [4.78, 5) is 0. The van der Waals surface area contributed by atoms with Gasteiger partial charge < -0.3 is 14.2 Å². The molecule has 0 spiro atoms. The van der Waals surface area contributed by atoms with Gasteiger partial charge in [0.05, 0.1) is 7.11 Å². The maximum atomic E-state index is 5.30. The highest BCUT2D eigenvalue weighted by molar-refractivity contribution is 5.87. The molecule has 3 heteroatoms. The maximum Gasteiger partial charge on any atom is 0.183 e. The van der Waals surface area contributed by atoms with Crippen molar-refractivity contribution in [2.45, 2.75) is 6.29 Å². The Morgan fingerprint density at radius 2 is 1.71 bits per heavy atom. The van der Waals surface area contributed by atoms with E-state index in [1.807, 2.05) is 36.4 Å². The third-order valence-electron chi connectivity index (χ3n) is 2.80. The molecule has 17 heavy (non-hydrogen) atoms. The quantitative estimate of drug-likeness (QED) is 0.758. The van der Waals surface area contributed by atoms with Gasteiger partial charge in [-0.25, -0.2) is 0 Å². The van der Waals surface area contributed by atoms with Crippen molar-refractivity contribution in [1.82, 2.24) is 0 Å². The van der Waals surface area contributed by atoms with Crippen molar-refractivity contribution in [3.05, 3.63) is 42.0 Å². The second-order valence-corrected chi connectivity index (χ2v) is 3.74. The molecule has 0 radical (unpaired) electrons. The first-order valence-electron chi connectivity index (χ1n) is 5.42. The number of rotatable bonds is 4. The Kier molecular flexibility index (Phi) is 3.61. The average Bonchev–Trinajstić information content (AvgIpc) is 2.39. The molecule has 90 valence electrons. The molecule has 0 atom stereocenters. The normalized spacial score (nSPS) is 11.1. The zero-order chi connectivity index (χ0) is 12.3. The van der Waals surface area contributed by atoms with E-state index in [0.29, 0.717) is 0 Å². The number of ether oxygens (including phenoxy) is 3. The Hall–Kier alpha value is -1.58. The third kappa shape index (κ3) is 2.25. The third-order valence-corrected chi connectivity index (χ3v) is 2.80. The van der Waals surface area contributed by atoms with E-state index in [4.69, 9.17) is 14.2 Å². The molecule has 2 rings (SSSR count). The summed E-state index contributed by atoms with van der Waals surface area (Å²) in [5, 5.41) is 2.22. The molecule has 0 aliphatic carbocycles. The van der Waals surface area contributed by atoms with Crippen LogP contribution in [-0.4, -0.2) is 21.3 Å². The molecule has 0 unspecified atom stereocenters. The molecule has 2 aromatic rings. The SMILES string of the molecule is COc1ccc2c(C(OC)OC)cccc2c1. The zero-order valence-corrected chi connectivity index (χ0v) is 10.3. The molecule has 2 aromatic carbocycles. The van der Waals surface area contributed by atoms with E-state index in [1.54, 1.807) is 21.3 Å². The molecule has 0 aliphatic heterocycles. The molecule has 0 fully saturated rings. The molecule has 3 nitrogen and oxygen atoms in total. The number of methoxy groups -OCH3 is 3. The highest BCUT2D eigenvalue weighted by atomic mass is 16.7. The number of benzene rings is 2. The van der Waals surface area contributed by atoms with E-state index >= 15 is 0 Å². The molecule has 0 aliphatic rings. The second-order valence-electron chi connectivity index (χ2n) is 3.74. The lowest BCUT2D eigenvalue weighted by Crippen LogP contribution is -2.04. The van der Waals surface area contributed by atoms with Gasteiger partial charge in [-0.3, -0.25) is 0 Å². The van der Waals surface area contributed by atoms with Crippen LogP contribution in [0.25, 0.3) is 10.8 Å². The van der Waals surface area contributed by atoms with Crippen LogP contribution in [0.5, 0.6) is 5.75 Å². The number of hydrogen-bond donors (Lipinski definition) is 0. The van der Waals surface area contributed by atoms with Crippen molar-refractivity contribution in [3.8, 4) is 5.75 Å². The van der Waals surface area contributed by atoms with Crippen LogP contribution in [0.3, 0.4) is 0 Å². The van der Waals surface area contributed by atoms with Crippen LogP contribution in [-0.2, 0) is 9.47 Å². The van der Waals surface area contributed by atoms with E-state index in [2.05, 4.69) is 0 Å². The summed E-state index contributed by atoms with van der Waals surface area (Å²) in [6, 6.07) is 12.0. The lowest BCUT2D eigenvalue weighted by Gasteiger charge is -2.16. The van der Waals surface area contributed by atoms with Gasteiger partial charge in [-0.05, 0) is 22.9 Å². The molecule has 0 saturated heterocycles. The van der Waals surface area contributed by atoms with Crippen molar-refractivity contribution < 1.29 is 14.2 Å². The maximum absolute atomic E-state index is 5.30. The highest BCUT2D eigenvalue weighted by Crippen LogP contribution is 2.29. The summed E-state index contributed by atoms with van der Waals surface area (Å²) in [5.74, 6) is 0.848. The van der Waals surface area contributed by atoms with Gasteiger partial charge in [-0.15, -0.1) is 0 Å². The Bertz CT molecular complexity index is 504. The fourth-order valence-corrected chi connectivity index (χ4v) is 1.97. The monoisotopic (exact) mass is 232 g/mol. The van der Waals surface area contributed by atoms with Crippen LogP contribution in [0.15, 0.2) is 36.4 Å². The van der Waals surface area contributed by atoms with Gasteiger partial charge in [0.15, 0.2) is 6.29 Å². The molecule has 0 heterocycles. The number of fused-ring (bicyclic) bond motifs is 1. The Morgan fingerprint density at radius 1 is 0.941 bits per heavy atom. The van der Waals surface area contributed by atoms with Crippen molar-refractivity contribution in [2.24, 2.45) is 0 Å². The fraction of sp³-hybridized carbons (Fsp3) is 0.286. The molecule has 0 aromatic heterocycles. The van der Waals surface area contributed by atoms with Crippen molar-refractivity contribution in [3.63, 3.8) is 0 Å². The van der Waals surface area contributed by atoms with Gasteiger partial charge in [-0.1, -0.05) is 24.3 Å². The molecule has 0 amide bonds. The fourth-order valence-electron chi connectivity index (χ4n) is 1.97. The summed E-state index contributed by atoms with van der Waals surface area (Å²) in [6.45, 7) is 0. The topological polar surface area (TPSA) is 27.7 Å². The van der Waals surface area contributed by atoms with Crippen molar-refractivity contribution >= 4 is 10.8 Å². The summed E-state index contributed by atoms with van der Waals surface area (Å²) >= 11 is 0. The minimum absolute atomic E-state index is 0.341. The second kappa shape index (κ2) is 5.17. The summed E-state index contributed by atoms with van der Waals surface area (Å²) < 4.78 is 15.8. The van der Waals surface area contributed by atoms with Crippen molar-refractivity contribution in [1.29, 1.82) is 0 Å². The summed E-state index contributed by atoms with van der Waals surface area (Å²) in [6.07, 6.45) is -0.341. The van der Waals surface area contributed by atoms with Crippen LogP contribution in [0, 0.1) is 0 Å². The largest absolute Gasteiger partial charge is 0.497 e. The molecular formula is C14H16O3. The number of hydrogen-bond acceptors (Lipinski definition) is 3. The van der Waals surface area contributed by atoms with E-state index in [9.17, 15) is 0 Å². The molecular weight excluding hydrogens is 216 g/mol. The molecule has 0 bridgehead atoms. The minimum atomic E-state index is -0.341. The van der Waals surface area contributed by atoms with Crippen LogP contribution in [0.4, 0.5) is 0 Å². The minimum Gasteiger partial charge on any atom is -0.497 e. The van der Waals surface area contributed by atoms with Crippen LogP contribution in [0.2, 0.25) is 0 Å². The molecule has 0 N–H and O–H groups in total. The highest BCUT2D eigenvalue weighted by Gasteiger charge is 2.12. The van der Waals surface area contributed by atoms with Crippen LogP contribution >= 0.6 is 0 Å². The zero-order valence-electron chi connectivity index (χ0n) is 10.3. The Balaban J connectivity index is 2.57. The standard InChI is InChI=1S/C14H16O3/c1-15-11-7-8-12-10(9-11)5-4-6-13(12)14(16-2)17-3/h4-9,14H,1-3H3. The first-order chi connectivity index (χ1) is 8.30. The average molecular weight is 232 g/mol. The van der Waals surface area contributed by atoms with E-state index in [1.165, 1.54) is 0 Å². The van der Waals surface area contributed by atoms with E-state index in [0.717, 1.165) is 22.1 Å². The lowest BCUT2D eigenvalue weighted by molar-refractivity contribution is -0.105.